The van der Waals surface area contributed by atoms with Gasteiger partial charge < -0.3 is 9.32 Å². The molecule has 2 fully saturated rings. The van der Waals surface area contributed by atoms with E-state index in [0.717, 1.165) is 56.2 Å². The van der Waals surface area contributed by atoms with Gasteiger partial charge in [-0.25, -0.2) is 0 Å². The molecule has 1 unspecified atom stereocenters. The van der Waals surface area contributed by atoms with E-state index >= 15 is 0 Å². The van der Waals surface area contributed by atoms with Gasteiger partial charge in [-0.3, -0.25) is 14.4 Å². The maximum atomic E-state index is 13.0. The SMILES string of the molecule is Cc1ccc(CN2CCC3(CCN(c4cnn(C)c4)C3=O)C2)o1. The van der Waals surface area contributed by atoms with Crippen molar-refractivity contribution < 1.29 is 9.21 Å². The lowest BCUT2D eigenvalue weighted by Crippen LogP contribution is -2.36. The summed E-state index contributed by atoms with van der Waals surface area (Å²) in [5.41, 5.74) is 0.687. The van der Waals surface area contributed by atoms with Crippen LogP contribution in [0.25, 0.3) is 0 Å². The van der Waals surface area contributed by atoms with E-state index in [2.05, 4.69) is 10.00 Å². The number of carbonyl (C=O) groups excluding carboxylic acids is 1. The minimum Gasteiger partial charge on any atom is -0.465 e. The van der Waals surface area contributed by atoms with Gasteiger partial charge in [0.15, 0.2) is 0 Å². The maximum Gasteiger partial charge on any atom is 0.234 e. The van der Waals surface area contributed by atoms with E-state index in [1.165, 1.54) is 0 Å². The Morgan fingerprint density at radius 2 is 2.13 bits per heavy atom. The predicted octanol–water partition coefficient (Wildman–Crippen LogP) is 1.95. The lowest BCUT2D eigenvalue weighted by Gasteiger charge is -2.22. The topological polar surface area (TPSA) is 54.5 Å². The fourth-order valence-corrected chi connectivity index (χ4v) is 3.88. The Morgan fingerprint density at radius 1 is 1.30 bits per heavy atom. The van der Waals surface area contributed by atoms with Gasteiger partial charge in [0.1, 0.15) is 11.5 Å². The smallest absolute Gasteiger partial charge is 0.234 e. The normalized spacial score (nSPS) is 25.1. The number of furan rings is 1. The first kappa shape index (κ1) is 14.5. The number of amides is 1. The summed E-state index contributed by atoms with van der Waals surface area (Å²) in [7, 11) is 1.88. The number of hydrogen-bond donors (Lipinski definition) is 0. The third-order valence-corrected chi connectivity index (χ3v) is 5.12. The fourth-order valence-electron chi connectivity index (χ4n) is 3.88. The second-order valence-corrected chi connectivity index (χ2v) is 6.83. The Labute approximate surface area is 135 Å². The van der Waals surface area contributed by atoms with Crippen LogP contribution in [0, 0.1) is 12.3 Å². The van der Waals surface area contributed by atoms with E-state index in [1.54, 1.807) is 10.9 Å². The highest BCUT2D eigenvalue weighted by Gasteiger charge is 2.51. The van der Waals surface area contributed by atoms with Crippen molar-refractivity contribution in [3.63, 3.8) is 0 Å². The molecule has 1 amide bonds. The summed E-state index contributed by atoms with van der Waals surface area (Å²) in [5.74, 6) is 2.17. The highest BCUT2D eigenvalue weighted by atomic mass is 16.3. The molecule has 0 bridgehead atoms. The Bertz CT molecular complexity index is 735. The number of hydrogen-bond acceptors (Lipinski definition) is 4. The second-order valence-electron chi connectivity index (χ2n) is 6.83. The fraction of sp³-hybridized carbons (Fsp3) is 0.529. The summed E-state index contributed by atoms with van der Waals surface area (Å²) in [6.07, 6.45) is 5.54. The highest BCUT2D eigenvalue weighted by Crippen LogP contribution is 2.42. The van der Waals surface area contributed by atoms with Crippen molar-refractivity contribution in [3.05, 3.63) is 36.0 Å². The van der Waals surface area contributed by atoms with E-state index in [0.29, 0.717) is 0 Å². The number of carbonyl (C=O) groups is 1. The van der Waals surface area contributed by atoms with Crippen LogP contribution in [0.4, 0.5) is 5.69 Å². The van der Waals surface area contributed by atoms with Crippen LogP contribution in [0.15, 0.2) is 28.9 Å². The van der Waals surface area contributed by atoms with E-state index in [9.17, 15) is 4.79 Å². The average molecular weight is 314 g/mol. The Morgan fingerprint density at radius 3 is 2.83 bits per heavy atom. The van der Waals surface area contributed by atoms with Crippen molar-refractivity contribution in [2.75, 3.05) is 24.5 Å². The van der Waals surface area contributed by atoms with Crippen molar-refractivity contribution in [3.8, 4) is 0 Å². The van der Waals surface area contributed by atoms with Crippen LogP contribution in [0.2, 0.25) is 0 Å². The number of anilines is 1. The molecule has 6 heteroatoms. The van der Waals surface area contributed by atoms with E-state index in [1.807, 2.05) is 37.2 Å². The molecule has 0 aliphatic carbocycles. The molecule has 0 N–H and O–H groups in total. The number of nitrogens with zero attached hydrogens (tertiary/aromatic N) is 4. The first-order chi connectivity index (χ1) is 11.1. The molecule has 4 rings (SSSR count). The number of likely N-dealkylation sites (tertiary alicyclic amines) is 1. The molecule has 4 heterocycles. The van der Waals surface area contributed by atoms with Gasteiger partial charge in [0.05, 0.1) is 23.8 Å². The molecule has 2 aliphatic heterocycles. The maximum absolute atomic E-state index is 13.0. The largest absolute Gasteiger partial charge is 0.465 e. The first-order valence-electron chi connectivity index (χ1n) is 8.14. The zero-order valence-electron chi connectivity index (χ0n) is 13.7. The number of rotatable bonds is 3. The van der Waals surface area contributed by atoms with Crippen LogP contribution in [0.1, 0.15) is 24.4 Å². The van der Waals surface area contributed by atoms with E-state index < -0.39 is 0 Å². The Kier molecular flexibility index (Phi) is 3.30. The monoisotopic (exact) mass is 314 g/mol. The number of aryl methyl sites for hydroxylation is 2. The van der Waals surface area contributed by atoms with Gasteiger partial charge in [-0.05, 0) is 38.4 Å². The standard InChI is InChI=1S/C17H22N4O2/c1-13-3-4-15(23-13)11-20-7-5-17(12-20)6-8-21(16(17)22)14-9-18-19(2)10-14/h3-4,9-10H,5-8,11-12H2,1-2H3. The minimum absolute atomic E-state index is 0.225. The average Bonchev–Trinajstić information content (AvgIpc) is 3.26. The molecule has 2 aliphatic rings. The van der Waals surface area contributed by atoms with Gasteiger partial charge in [0.25, 0.3) is 0 Å². The molecular formula is C17H22N4O2. The summed E-state index contributed by atoms with van der Waals surface area (Å²) in [4.78, 5) is 17.2. The molecule has 23 heavy (non-hydrogen) atoms. The molecule has 0 saturated carbocycles. The van der Waals surface area contributed by atoms with Crippen molar-refractivity contribution >= 4 is 11.6 Å². The molecule has 2 aromatic rings. The van der Waals surface area contributed by atoms with Gasteiger partial charge in [0, 0.05) is 26.3 Å². The van der Waals surface area contributed by atoms with Gasteiger partial charge in [-0.1, -0.05) is 0 Å². The summed E-state index contributed by atoms with van der Waals surface area (Å²) in [6, 6.07) is 4.02. The number of aromatic nitrogens is 2. The van der Waals surface area contributed by atoms with Crippen LogP contribution >= 0.6 is 0 Å². The molecule has 1 spiro atoms. The Hall–Kier alpha value is -2.08. The molecule has 2 saturated heterocycles. The molecule has 1 atom stereocenters. The summed E-state index contributed by atoms with van der Waals surface area (Å²) in [5, 5.41) is 4.18. The summed E-state index contributed by atoms with van der Waals surface area (Å²) >= 11 is 0. The lowest BCUT2D eigenvalue weighted by molar-refractivity contribution is -0.125. The van der Waals surface area contributed by atoms with Gasteiger partial charge in [0.2, 0.25) is 5.91 Å². The summed E-state index contributed by atoms with van der Waals surface area (Å²) in [6.45, 7) is 5.31. The second kappa shape index (κ2) is 5.23. The van der Waals surface area contributed by atoms with Crippen LogP contribution in [-0.4, -0.2) is 40.2 Å². The van der Waals surface area contributed by atoms with Gasteiger partial charge in [-0.15, -0.1) is 0 Å². The third kappa shape index (κ3) is 2.47. The van der Waals surface area contributed by atoms with Crippen molar-refractivity contribution in [2.24, 2.45) is 12.5 Å². The zero-order valence-corrected chi connectivity index (χ0v) is 13.7. The lowest BCUT2D eigenvalue weighted by atomic mass is 9.85. The molecule has 0 radical (unpaired) electrons. The van der Waals surface area contributed by atoms with Gasteiger partial charge in [-0.2, -0.15) is 5.10 Å². The quantitative estimate of drug-likeness (QED) is 0.869. The molecule has 6 nitrogen and oxygen atoms in total. The van der Waals surface area contributed by atoms with Crippen molar-refractivity contribution in [1.29, 1.82) is 0 Å². The summed E-state index contributed by atoms with van der Waals surface area (Å²) < 4.78 is 7.41. The molecule has 2 aromatic heterocycles. The predicted molar refractivity (Wildman–Crippen MR) is 86.0 cm³/mol. The molecule has 0 aromatic carbocycles. The minimum atomic E-state index is -0.225. The first-order valence-corrected chi connectivity index (χ1v) is 8.14. The zero-order chi connectivity index (χ0) is 16.0. The third-order valence-electron chi connectivity index (χ3n) is 5.12. The Balaban J connectivity index is 1.46. The van der Waals surface area contributed by atoms with Crippen LogP contribution < -0.4 is 4.90 Å². The van der Waals surface area contributed by atoms with Crippen LogP contribution in [0.5, 0.6) is 0 Å². The van der Waals surface area contributed by atoms with Gasteiger partial charge >= 0.3 is 0 Å². The molecule has 122 valence electrons. The van der Waals surface area contributed by atoms with E-state index in [4.69, 9.17) is 4.42 Å². The highest BCUT2D eigenvalue weighted by molar-refractivity contribution is 6.00. The van der Waals surface area contributed by atoms with Crippen molar-refractivity contribution in [2.45, 2.75) is 26.3 Å². The van der Waals surface area contributed by atoms with Crippen LogP contribution in [-0.2, 0) is 18.4 Å². The van der Waals surface area contributed by atoms with Crippen molar-refractivity contribution in [1.82, 2.24) is 14.7 Å². The van der Waals surface area contributed by atoms with E-state index in [-0.39, 0.29) is 11.3 Å². The van der Waals surface area contributed by atoms with Crippen LogP contribution in [0.3, 0.4) is 0 Å². The molecular weight excluding hydrogens is 292 g/mol.